The first-order valence-corrected chi connectivity index (χ1v) is 10.5. The van der Waals surface area contributed by atoms with E-state index in [1.54, 1.807) is 0 Å². The number of para-hydroxylation sites is 1. The quantitative estimate of drug-likeness (QED) is 0.486. The van der Waals surface area contributed by atoms with Crippen molar-refractivity contribution in [2.24, 2.45) is 0 Å². The molecule has 0 saturated carbocycles. The van der Waals surface area contributed by atoms with Gasteiger partial charge in [0, 0.05) is 23.2 Å². The molecule has 1 unspecified atom stereocenters. The molecule has 0 spiro atoms. The Balaban J connectivity index is 1.62. The molecule has 146 valence electrons. The molecular weight excluding hydrogens is 356 g/mol. The number of benzene rings is 2. The summed E-state index contributed by atoms with van der Waals surface area (Å²) in [5.41, 5.74) is 6.06. The lowest BCUT2D eigenvalue weighted by molar-refractivity contribution is 0.568. The van der Waals surface area contributed by atoms with E-state index in [1.807, 2.05) is 0 Å². The Labute approximate surface area is 171 Å². The molecule has 4 heteroatoms. The largest absolute Gasteiger partial charge is 0.366 e. The van der Waals surface area contributed by atoms with E-state index in [4.69, 9.17) is 9.97 Å². The summed E-state index contributed by atoms with van der Waals surface area (Å²) in [6.07, 6.45) is 3.43. The number of hydrogen-bond acceptors (Lipinski definition) is 3. The van der Waals surface area contributed by atoms with Crippen LogP contribution in [0.4, 0.5) is 5.82 Å². The molecule has 1 aliphatic rings. The lowest BCUT2D eigenvalue weighted by Crippen LogP contribution is -2.18. The first-order chi connectivity index (χ1) is 14.2. The Bertz CT molecular complexity index is 1160. The van der Waals surface area contributed by atoms with E-state index in [0.29, 0.717) is 5.92 Å². The van der Waals surface area contributed by atoms with E-state index < -0.39 is 0 Å². The summed E-state index contributed by atoms with van der Waals surface area (Å²) in [6.45, 7) is 5.18. The molecule has 0 radical (unpaired) electrons. The van der Waals surface area contributed by atoms with Gasteiger partial charge in [-0.1, -0.05) is 55.5 Å². The van der Waals surface area contributed by atoms with Crippen molar-refractivity contribution in [3.8, 4) is 5.95 Å². The van der Waals surface area contributed by atoms with E-state index in [1.165, 1.54) is 35.0 Å². The van der Waals surface area contributed by atoms with Crippen LogP contribution in [-0.2, 0) is 13.0 Å². The van der Waals surface area contributed by atoms with Gasteiger partial charge in [-0.15, -0.1) is 0 Å². The summed E-state index contributed by atoms with van der Waals surface area (Å²) in [7, 11) is 0. The maximum absolute atomic E-state index is 5.08. The Morgan fingerprint density at radius 2 is 1.83 bits per heavy atom. The van der Waals surface area contributed by atoms with Gasteiger partial charge in [-0.2, -0.15) is 4.98 Å². The summed E-state index contributed by atoms with van der Waals surface area (Å²) >= 11 is 0. The molecule has 0 amide bonds. The van der Waals surface area contributed by atoms with Gasteiger partial charge in [-0.3, -0.25) is 4.57 Å². The second-order valence-electron chi connectivity index (χ2n) is 8.05. The van der Waals surface area contributed by atoms with Crippen molar-refractivity contribution in [3.63, 3.8) is 0 Å². The highest BCUT2D eigenvalue weighted by Crippen LogP contribution is 2.35. The van der Waals surface area contributed by atoms with Crippen molar-refractivity contribution in [2.75, 3.05) is 5.32 Å². The Kier molecular flexibility index (Phi) is 4.55. The topological polar surface area (TPSA) is 42.7 Å². The average Bonchev–Trinajstić information content (AvgIpc) is 3.09. The van der Waals surface area contributed by atoms with E-state index in [-0.39, 0.29) is 0 Å². The fourth-order valence-corrected chi connectivity index (χ4v) is 4.45. The van der Waals surface area contributed by atoms with Gasteiger partial charge >= 0.3 is 0 Å². The molecule has 5 rings (SSSR count). The Hall–Kier alpha value is -3.14. The average molecular weight is 383 g/mol. The molecule has 1 N–H and O–H groups in total. The van der Waals surface area contributed by atoms with Crippen LogP contribution >= 0.6 is 0 Å². The minimum Gasteiger partial charge on any atom is -0.366 e. The minimum absolute atomic E-state index is 0.458. The summed E-state index contributed by atoms with van der Waals surface area (Å²) in [6, 6.07) is 21.2. The number of nitrogens with zero attached hydrogens (tertiary/aromatic N) is 3. The first-order valence-electron chi connectivity index (χ1n) is 10.5. The van der Waals surface area contributed by atoms with Gasteiger partial charge in [0.15, 0.2) is 0 Å². The molecule has 29 heavy (non-hydrogen) atoms. The van der Waals surface area contributed by atoms with Crippen molar-refractivity contribution < 1.29 is 0 Å². The third-order valence-electron chi connectivity index (χ3n) is 5.96. The summed E-state index contributed by atoms with van der Waals surface area (Å²) in [5.74, 6) is 2.21. The zero-order valence-corrected chi connectivity index (χ0v) is 17.0. The molecule has 1 atom stereocenters. The maximum Gasteiger partial charge on any atom is 0.236 e. The highest BCUT2D eigenvalue weighted by molar-refractivity contribution is 5.82. The van der Waals surface area contributed by atoms with Crippen molar-refractivity contribution in [2.45, 2.75) is 45.6 Å². The summed E-state index contributed by atoms with van der Waals surface area (Å²) < 4.78 is 2.19. The smallest absolute Gasteiger partial charge is 0.236 e. The maximum atomic E-state index is 5.08. The van der Waals surface area contributed by atoms with Gasteiger partial charge in [0.2, 0.25) is 5.95 Å². The van der Waals surface area contributed by atoms with Crippen LogP contribution in [0.15, 0.2) is 60.7 Å². The van der Waals surface area contributed by atoms with Crippen LogP contribution in [-0.4, -0.2) is 14.5 Å². The second kappa shape index (κ2) is 7.36. The lowest BCUT2D eigenvalue weighted by Gasteiger charge is -2.25. The SMILES string of the molecule is Cc1cc2ccccc2n1-c1nc(NCc2ccccc2)c2c(n1)C(C)CCC2. The van der Waals surface area contributed by atoms with Gasteiger partial charge in [-0.25, -0.2) is 4.98 Å². The fourth-order valence-electron chi connectivity index (χ4n) is 4.45. The van der Waals surface area contributed by atoms with Crippen LogP contribution in [0.2, 0.25) is 0 Å². The highest BCUT2D eigenvalue weighted by Gasteiger charge is 2.24. The van der Waals surface area contributed by atoms with Crippen LogP contribution in [0, 0.1) is 6.92 Å². The van der Waals surface area contributed by atoms with Crippen molar-refractivity contribution in [1.29, 1.82) is 0 Å². The molecule has 2 aromatic carbocycles. The molecule has 4 aromatic rings. The number of aryl methyl sites for hydroxylation is 1. The van der Waals surface area contributed by atoms with Crippen LogP contribution in [0.25, 0.3) is 16.9 Å². The van der Waals surface area contributed by atoms with Gasteiger partial charge in [0.25, 0.3) is 0 Å². The standard InChI is InChI=1S/C25H26N4/c1-17-9-8-13-21-23(17)27-25(28-24(21)26-16-19-10-4-3-5-11-19)29-18(2)15-20-12-6-7-14-22(20)29/h3-7,10-12,14-15,17H,8-9,13,16H2,1-2H3,(H,26,27,28). The van der Waals surface area contributed by atoms with E-state index >= 15 is 0 Å². The van der Waals surface area contributed by atoms with E-state index in [0.717, 1.165) is 35.9 Å². The first kappa shape index (κ1) is 17.9. The van der Waals surface area contributed by atoms with Crippen LogP contribution in [0.1, 0.15) is 48.2 Å². The van der Waals surface area contributed by atoms with Gasteiger partial charge < -0.3 is 5.32 Å². The van der Waals surface area contributed by atoms with Gasteiger partial charge in [0.1, 0.15) is 5.82 Å². The Morgan fingerprint density at radius 1 is 1.03 bits per heavy atom. The third-order valence-corrected chi connectivity index (χ3v) is 5.96. The number of rotatable bonds is 4. The molecule has 1 aliphatic carbocycles. The number of anilines is 1. The molecule has 0 bridgehead atoms. The van der Waals surface area contributed by atoms with E-state index in [9.17, 15) is 0 Å². The summed E-state index contributed by atoms with van der Waals surface area (Å²) in [4.78, 5) is 10.1. The van der Waals surface area contributed by atoms with Gasteiger partial charge in [0.05, 0.1) is 11.2 Å². The fraction of sp³-hybridized carbons (Fsp3) is 0.280. The number of nitrogens with one attached hydrogen (secondary N) is 1. The molecule has 0 fully saturated rings. The van der Waals surface area contributed by atoms with Crippen LogP contribution < -0.4 is 5.32 Å². The number of aromatic nitrogens is 3. The molecule has 4 nitrogen and oxygen atoms in total. The second-order valence-corrected chi connectivity index (χ2v) is 8.05. The predicted octanol–water partition coefficient (Wildman–Crippen LogP) is 5.78. The molecular formula is C25H26N4. The summed E-state index contributed by atoms with van der Waals surface area (Å²) in [5, 5.41) is 4.84. The number of fused-ring (bicyclic) bond motifs is 2. The van der Waals surface area contributed by atoms with Crippen molar-refractivity contribution in [3.05, 3.63) is 83.2 Å². The zero-order valence-electron chi connectivity index (χ0n) is 17.0. The number of hydrogen-bond donors (Lipinski definition) is 1. The molecule has 0 saturated heterocycles. The van der Waals surface area contributed by atoms with Crippen molar-refractivity contribution >= 4 is 16.7 Å². The van der Waals surface area contributed by atoms with Crippen LogP contribution in [0.3, 0.4) is 0 Å². The highest BCUT2D eigenvalue weighted by atomic mass is 15.2. The molecule has 0 aliphatic heterocycles. The third kappa shape index (κ3) is 3.29. The van der Waals surface area contributed by atoms with Crippen LogP contribution in [0.5, 0.6) is 0 Å². The Morgan fingerprint density at radius 3 is 2.69 bits per heavy atom. The lowest BCUT2D eigenvalue weighted by atomic mass is 9.88. The normalized spacial score (nSPS) is 16.0. The predicted molar refractivity (Wildman–Crippen MR) is 119 cm³/mol. The van der Waals surface area contributed by atoms with Crippen molar-refractivity contribution in [1.82, 2.24) is 14.5 Å². The van der Waals surface area contributed by atoms with Gasteiger partial charge in [-0.05, 0) is 49.8 Å². The molecule has 2 aromatic heterocycles. The minimum atomic E-state index is 0.458. The van der Waals surface area contributed by atoms with E-state index in [2.05, 4.69) is 84.4 Å². The monoisotopic (exact) mass is 382 g/mol. The zero-order chi connectivity index (χ0) is 19.8. The molecule has 2 heterocycles.